The molecule has 0 amide bonds. The minimum absolute atomic E-state index is 0.136. The molecule has 3 rings (SSSR count). The summed E-state index contributed by atoms with van der Waals surface area (Å²) in [5.74, 6) is -2.52. The Bertz CT molecular complexity index is 1010. The maximum atomic E-state index is 14.3. The zero-order valence-corrected chi connectivity index (χ0v) is 17.1. The van der Waals surface area contributed by atoms with Crippen LogP contribution in [0.3, 0.4) is 0 Å². The van der Waals surface area contributed by atoms with Gasteiger partial charge in [-0.05, 0) is 42.0 Å². The van der Waals surface area contributed by atoms with Gasteiger partial charge in [0.15, 0.2) is 17.4 Å². The van der Waals surface area contributed by atoms with Crippen molar-refractivity contribution < 1.29 is 36.5 Å². The molecule has 0 unspecified atom stereocenters. The Balaban J connectivity index is 1.92. The quantitative estimate of drug-likeness (QED) is 0.445. The first-order valence-corrected chi connectivity index (χ1v) is 10.0. The molecule has 0 spiro atoms. The fraction of sp³-hybridized carbons (Fsp3) is 0.286. The number of aliphatic hydroxyl groups excluding tert-OH is 1. The molecule has 2 heterocycles. The predicted molar refractivity (Wildman–Crippen MR) is 105 cm³/mol. The van der Waals surface area contributed by atoms with Crippen molar-refractivity contribution in [1.82, 2.24) is 4.98 Å². The van der Waals surface area contributed by atoms with E-state index in [0.717, 1.165) is 12.1 Å². The van der Waals surface area contributed by atoms with E-state index in [4.69, 9.17) is 14.6 Å². The topological polar surface area (TPSA) is 51.6 Å². The van der Waals surface area contributed by atoms with Gasteiger partial charge in [0.1, 0.15) is 11.5 Å². The molecule has 31 heavy (non-hydrogen) atoms. The van der Waals surface area contributed by atoms with Crippen LogP contribution in [0.15, 0.2) is 35.8 Å². The highest BCUT2D eigenvalue weighted by Crippen LogP contribution is 2.42. The number of halogens is 5. The molecule has 166 valence electrons. The fourth-order valence-electron chi connectivity index (χ4n) is 2.99. The van der Waals surface area contributed by atoms with Crippen molar-refractivity contribution in [3.05, 3.63) is 63.5 Å². The number of rotatable bonds is 8. The molecular weight excluding hydrogens is 441 g/mol. The number of pyridine rings is 1. The number of aliphatic hydroxyl groups is 1. The van der Waals surface area contributed by atoms with Crippen LogP contribution >= 0.6 is 11.3 Å². The Morgan fingerprint density at radius 1 is 1.13 bits per heavy atom. The molecule has 4 nitrogen and oxygen atoms in total. The van der Waals surface area contributed by atoms with Gasteiger partial charge < -0.3 is 14.6 Å². The number of alkyl halides is 3. The summed E-state index contributed by atoms with van der Waals surface area (Å²) in [5, 5.41) is 10.1. The first-order valence-electron chi connectivity index (χ1n) is 9.14. The van der Waals surface area contributed by atoms with Crippen LogP contribution in [0.4, 0.5) is 22.0 Å². The molecule has 0 fully saturated rings. The van der Waals surface area contributed by atoms with E-state index in [9.17, 15) is 22.0 Å². The molecule has 0 radical (unpaired) electrons. The van der Waals surface area contributed by atoms with E-state index in [1.54, 1.807) is 0 Å². The third kappa shape index (κ3) is 5.31. The maximum Gasteiger partial charge on any atom is 0.426 e. The van der Waals surface area contributed by atoms with Crippen LogP contribution in [0.5, 0.6) is 11.6 Å². The lowest BCUT2D eigenvalue weighted by atomic mass is 10.0. The zero-order chi connectivity index (χ0) is 22.6. The Morgan fingerprint density at radius 2 is 1.84 bits per heavy atom. The summed E-state index contributed by atoms with van der Waals surface area (Å²) < 4.78 is 79.3. The minimum atomic E-state index is -4.66. The minimum Gasteiger partial charge on any atom is -0.483 e. The number of hydrogen-bond acceptors (Lipinski definition) is 5. The molecule has 10 heteroatoms. The van der Waals surface area contributed by atoms with Crippen LogP contribution in [0, 0.1) is 11.6 Å². The van der Waals surface area contributed by atoms with E-state index in [1.807, 2.05) is 0 Å². The van der Waals surface area contributed by atoms with E-state index in [1.165, 1.54) is 30.8 Å². The molecule has 0 saturated carbocycles. The van der Waals surface area contributed by atoms with Crippen LogP contribution in [0.1, 0.15) is 22.4 Å². The number of benzene rings is 1. The number of ether oxygens (including phenoxy) is 2. The fourth-order valence-corrected chi connectivity index (χ4v) is 3.95. The lowest BCUT2D eigenvalue weighted by Gasteiger charge is -2.14. The van der Waals surface area contributed by atoms with Crippen LogP contribution in [-0.4, -0.2) is 23.8 Å². The molecule has 0 aliphatic carbocycles. The molecule has 1 aromatic carbocycles. The van der Waals surface area contributed by atoms with Crippen molar-refractivity contribution in [2.24, 2.45) is 0 Å². The van der Waals surface area contributed by atoms with Gasteiger partial charge in [-0.15, -0.1) is 11.3 Å². The average Bonchev–Trinajstić information content (AvgIpc) is 3.16. The van der Waals surface area contributed by atoms with Gasteiger partial charge in [-0.3, -0.25) is 0 Å². The molecule has 2 aromatic heterocycles. The Labute approximate surface area is 178 Å². The number of aryl methyl sites for hydroxylation is 1. The van der Waals surface area contributed by atoms with E-state index in [0.29, 0.717) is 34.8 Å². The Kier molecular flexibility index (Phi) is 7.11. The van der Waals surface area contributed by atoms with Crippen molar-refractivity contribution in [2.75, 3.05) is 13.7 Å². The summed E-state index contributed by atoms with van der Waals surface area (Å²) in [7, 11) is 1.41. The highest BCUT2D eigenvalue weighted by molar-refractivity contribution is 7.10. The Morgan fingerprint density at radius 3 is 2.39 bits per heavy atom. The second-order valence-electron chi connectivity index (χ2n) is 6.55. The molecule has 0 bridgehead atoms. The molecule has 3 aromatic rings. The first-order chi connectivity index (χ1) is 14.7. The smallest absolute Gasteiger partial charge is 0.426 e. The summed E-state index contributed by atoms with van der Waals surface area (Å²) in [6.07, 6.45) is -2.74. The second kappa shape index (κ2) is 9.61. The number of nitrogens with zero attached hydrogens (tertiary/aromatic N) is 1. The molecular formula is C21H18F5NO3S. The largest absolute Gasteiger partial charge is 0.483 e. The standard InChI is InChI=1S/C21H18F5NO3S/c1-29-18-5-4-13(9-27-18)15-11-31-20(21(24,25)26)14(15)10-30-19-16(22)7-12(3-2-6-28)8-17(19)23/h4-5,7-9,11,28H,2-3,6,10H2,1H3. The number of hydrogen-bond donors (Lipinski definition) is 1. The van der Waals surface area contributed by atoms with E-state index < -0.39 is 35.0 Å². The van der Waals surface area contributed by atoms with Gasteiger partial charge in [0.25, 0.3) is 0 Å². The maximum absolute atomic E-state index is 14.3. The number of aromatic nitrogens is 1. The van der Waals surface area contributed by atoms with Crippen molar-refractivity contribution in [3.8, 4) is 22.8 Å². The molecule has 0 atom stereocenters. The second-order valence-corrected chi connectivity index (χ2v) is 7.43. The highest BCUT2D eigenvalue weighted by Gasteiger charge is 2.37. The van der Waals surface area contributed by atoms with Gasteiger partial charge in [0.05, 0.1) is 7.11 Å². The summed E-state index contributed by atoms with van der Waals surface area (Å²) in [6, 6.07) is 5.12. The lowest BCUT2D eigenvalue weighted by Crippen LogP contribution is -2.09. The highest BCUT2D eigenvalue weighted by atomic mass is 32.1. The van der Waals surface area contributed by atoms with Gasteiger partial charge in [-0.25, -0.2) is 13.8 Å². The molecule has 0 saturated heterocycles. The number of thiophene rings is 1. The Hall–Kier alpha value is -2.72. The lowest BCUT2D eigenvalue weighted by molar-refractivity contribution is -0.135. The van der Waals surface area contributed by atoms with Gasteiger partial charge in [0, 0.05) is 35.6 Å². The molecule has 0 aliphatic heterocycles. The van der Waals surface area contributed by atoms with Crippen LogP contribution in [-0.2, 0) is 19.2 Å². The van der Waals surface area contributed by atoms with Crippen LogP contribution in [0.25, 0.3) is 11.1 Å². The third-order valence-corrected chi connectivity index (χ3v) is 5.52. The number of methoxy groups -OCH3 is 1. The first kappa shape index (κ1) is 23.0. The van der Waals surface area contributed by atoms with Gasteiger partial charge >= 0.3 is 6.18 Å². The van der Waals surface area contributed by atoms with Gasteiger partial charge in [-0.2, -0.15) is 13.2 Å². The van der Waals surface area contributed by atoms with Crippen molar-refractivity contribution >= 4 is 11.3 Å². The van der Waals surface area contributed by atoms with Gasteiger partial charge in [0.2, 0.25) is 5.88 Å². The summed E-state index contributed by atoms with van der Waals surface area (Å²) in [6.45, 7) is -0.827. The van der Waals surface area contributed by atoms with E-state index in [-0.39, 0.29) is 24.2 Å². The van der Waals surface area contributed by atoms with Crippen LogP contribution < -0.4 is 9.47 Å². The van der Waals surface area contributed by atoms with Gasteiger partial charge in [-0.1, -0.05) is 0 Å². The summed E-state index contributed by atoms with van der Waals surface area (Å²) >= 11 is 0.468. The predicted octanol–water partition coefficient (Wildman–Crippen LogP) is 5.62. The monoisotopic (exact) mass is 459 g/mol. The van der Waals surface area contributed by atoms with E-state index >= 15 is 0 Å². The molecule has 1 N–H and O–H groups in total. The van der Waals surface area contributed by atoms with E-state index in [2.05, 4.69) is 4.98 Å². The summed E-state index contributed by atoms with van der Waals surface area (Å²) in [4.78, 5) is 3.07. The zero-order valence-electron chi connectivity index (χ0n) is 16.3. The van der Waals surface area contributed by atoms with Crippen molar-refractivity contribution in [3.63, 3.8) is 0 Å². The van der Waals surface area contributed by atoms with Crippen LogP contribution in [0.2, 0.25) is 0 Å². The third-order valence-electron chi connectivity index (χ3n) is 4.45. The normalized spacial score (nSPS) is 11.6. The van der Waals surface area contributed by atoms with Crippen molar-refractivity contribution in [1.29, 1.82) is 0 Å². The average molecular weight is 459 g/mol. The SMILES string of the molecule is COc1ccc(-c2csc(C(F)(F)F)c2COc2c(F)cc(CCCO)cc2F)cn1. The molecule has 0 aliphatic rings. The summed E-state index contributed by atoms with van der Waals surface area (Å²) in [5.41, 5.74) is 0.653. The van der Waals surface area contributed by atoms with Crippen molar-refractivity contribution in [2.45, 2.75) is 25.6 Å².